The number of carbonyl (C=O) groups excluding carboxylic acids is 1. The Morgan fingerprint density at radius 2 is 2.12 bits per heavy atom. The summed E-state index contributed by atoms with van der Waals surface area (Å²) in [4.78, 5) is 14.9. The van der Waals surface area contributed by atoms with Crippen molar-refractivity contribution in [3.05, 3.63) is 35.1 Å². The van der Waals surface area contributed by atoms with E-state index in [0.717, 1.165) is 39.1 Å². The summed E-state index contributed by atoms with van der Waals surface area (Å²) in [5, 5.41) is 17.8. The number of aromatic nitrogens is 4. The summed E-state index contributed by atoms with van der Waals surface area (Å²) in [5.41, 5.74) is 1.06. The van der Waals surface area contributed by atoms with Gasteiger partial charge in [-0.2, -0.15) is 4.68 Å². The van der Waals surface area contributed by atoms with Crippen LogP contribution in [-0.4, -0.2) is 70.3 Å². The number of nitrogens with one attached hydrogen (secondary N) is 2. The third-order valence-corrected chi connectivity index (χ3v) is 4.18. The molecule has 0 radical (unpaired) electrons. The molecule has 3 rings (SSSR count). The minimum Gasteiger partial charge on any atom is -0.352 e. The van der Waals surface area contributed by atoms with Crippen LogP contribution in [0.25, 0.3) is 5.69 Å². The SMILES string of the molecule is Cl.O=C(NCCCN1CCNCC1)c1cc(Cl)ccc1-n1cnnn1. The standard InChI is InChI=1S/C15H20ClN7O.ClH/c16-12-2-3-14(23-11-19-20-21-23)13(10-12)15(24)18-4-1-7-22-8-5-17-6-9-22;/h2-3,10-11,17H,1,4-9H2,(H,18,24);1H. The number of hydrogen-bond donors (Lipinski definition) is 2. The lowest BCUT2D eigenvalue weighted by molar-refractivity contribution is 0.0951. The molecule has 136 valence electrons. The number of rotatable bonds is 6. The molecule has 0 saturated carbocycles. The fraction of sp³-hybridized carbons (Fsp3) is 0.467. The molecule has 0 unspecified atom stereocenters. The predicted molar refractivity (Wildman–Crippen MR) is 97.7 cm³/mol. The largest absolute Gasteiger partial charge is 0.352 e. The Morgan fingerprint density at radius 1 is 1.32 bits per heavy atom. The molecule has 1 amide bonds. The first-order valence-electron chi connectivity index (χ1n) is 7.98. The van der Waals surface area contributed by atoms with Crippen LogP contribution in [0.3, 0.4) is 0 Å². The van der Waals surface area contributed by atoms with Crippen LogP contribution in [-0.2, 0) is 0 Å². The fourth-order valence-corrected chi connectivity index (χ4v) is 2.87. The van der Waals surface area contributed by atoms with Crippen molar-refractivity contribution in [2.75, 3.05) is 39.3 Å². The molecular weight excluding hydrogens is 365 g/mol. The Kier molecular flexibility index (Phi) is 7.57. The summed E-state index contributed by atoms with van der Waals surface area (Å²) in [6.07, 6.45) is 2.36. The molecule has 1 aromatic carbocycles. The van der Waals surface area contributed by atoms with E-state index in [0.29, 0.717) is 22.8 Å². The van der Waals surface area contributed by atoms with Crippen LogP contribution in [0.2, 0.25) is 5.02 Å². The van der Waals surface area contributed by atoms with Crippen LogP contribution in [0.4, 0.5) is 0 Å². The van der Waals surface area contributed by atoms with Gasteiger partial charge in [-0.05, 0) is 41.6 Å². The van der Waals surface area contributed by atoms with Crippen molar-refractivity contribution < 1.29 is 4.79 Å². The van der Waals surface area contributed by atoms with Crippen molar-refractivity contribution >= 4 is 29.9 Å². The highest BCUT2D eigenvalue weighted by Crippen LogP contribution is 2.18. The minimum atomic E-state index is -0.177. The molecule has 1 fully saturated rings. The third-order valence-electron chi connectivity index (χ3n) is 3.95. The van der Waals surface area contributed by atoms with Crippen molar-refractivity contribution in [3.63, 3.8) is 0 Å². The molecular formula is C15H21Cl2N7O. The molecule has 0 bridgehead atoms. The van der Waals surface area contributed by atoms with Gasteiger partial charge in [0.25, 0.3) is 5.91 Å². The maximum absolute atomic E-state index is 12.5. The van der Waals surface area contributed by atoms with Crippen molar-refractivity contribution in [2.24, 2.45) is 0 Å². The quantitative estimate of drug-likeness (QED) is 0.713. The molecule has 0 spiro atoms. The van der Waals surface area contributed by atoms with Gasteiger partial charge in [0.15, 0.2) is 0 Å². The maximum Gasteiger partial charge on any atom is 0.253 e. The van der Waals surface area contributed by atoms with Crippen LogP contribution in [0.15, 0.2) is 24.5 Å². The Hall–Kier alpha value is -1.74. The predicted octanol–water partition coefficient (Wildman–Crippen LogP) is 0.763. The van der Waals surface area contributed by atoms with E-state index in [1.54, 1.807) is 18.2 Å². The summed E-state index contributed by atoms with van der Waals surface area (Å²) >= 11 is 6.03. The van der Waals surface area contributed by atoms with Gasteiger partial charge in [0.05, 0.1) is 11.3 Å². The molecule has 25 heavy (non-hydrogen) atoms. The number of amides is 1. The normalized spacial score (nSPS) is 14.8. The van der Waals surface area contributed by atoms with Crippen LogP contribution in [0, 0.1) is 0 Å². The van der Waals surface area contributed by atoms with E-state index >= 15 is 0 Å². The lowest BCUT2D eigenvalue weighted by Crippen LogP contribution is -2.44. The van der Waals surface area contributed by atoms with Crippen molar-refractivity contribution in [1.29, 1.82) is 0 Å². The van der Waals surface area contributed by atoms with Gasteiger partial charge in [0.1, 0.15) is 6.33 Å². The number of nitrogens with zero attached hydrogens (tertiary/aromatic N) is 5. The Labute approximate surface area is 157 Å². The van der Waals surface area contributed by atoms with E-state index in [4.69, 9.17) is 11.6 Å². The van der Waals surface area contributed by atoms with E-state index in [1.165, 1.54) is 11.0 Å². The van der Waals surface area contributed by atoms with Gasteiger partial charge in [0.2, 0.25) is 0 Å². The second-order valence-electron chi connectivity index (χ2n) is 5.62. The molecule has 0 aliphatic carbocycles. The Balaban J connectivity index is 0.00000225. The van der Waals surface area contributed by atoms with Crippen molar-refractivity contribution in [2.45, 2.75) is 6.42 Å². The molecule has 1 aliphatic heterocycles. The van der Waals surface area contributed by atoms with Crippen molar-refractivity contribution in [1.82, 2.24) is 35.7 Å². The summed E-state index contributed by atoms with van der Waals surface area (Å²) in [5.74, 6) is -0.177. The number of piperazine rings is 1. The third kappa shape index (κ3) is 5.37. The molecule has 2 heterocycles. The second-order valence-corrected chi connectivity index (χ2v) is 6.05. The Bertz CT molecular complexity index is 675. The zero-order valence-corrected chi connectivity index (χ0v) is 15.3. The first-order chi connectivity index (χ1) is 11.7. The number of halogens is 2. The van der Waals surface area contributed by atoms with Gasteiger partial charge in [-0.15, -0.1) is 17.5 Å². The summed E-state index contributed by atoms with van der Waals surface area (Å²) in [7, 11) is 0. The Morgan fingerprint density at radius 3 is 2.84 bits per heavy atom. The topological polar surface area (TPSA) is 88.0 Å². The van der Waals surface area contributed by atoms with Gasteiger partial charge in [-0.3, -0.25) is 4.79 Å². The van der Waals surface area contributed by atoms with Gasteiger partial charge in [-0.25, -0.2) is 0 Å². The fourth-order valence-electron chi connectivity index (χ4n) is 2.70. The highest BCUT2D eigenvalue weighted by Gasteiger charge is 2.15. The van der Waals surface area contributed by atoms with Crippen LogP contribution in [0.1, 0.15) is 16.8 Å². The zero-order chi connectivity index (χ0) is 16.8. The van der Waals surface area contributed by atoms with Gasteiger partial charge < -0.3 is 15.5 Å². The minimum absolute atomic E-state index is 0. The highest BCUT2D eigenvalue weighted by molar-refractivity contribution is 6.31. The van der Waals surface area contributed by atoms with Crippen LogP contribution >= 0.6 is 24.0 Å². The van der Waals surface area contributed by atoms with E-state index < -0.39 is 0 Å². The molecule has 2 aromatic rings. The molecule has 8 nitrogen and oxygen atoms in total. The van der Waals surface area contributed by atoms with E-state index in [-0.39, 0.29) is 18.3 Å². The van der Waals surface area contributed by atoms with Crippen molar-refractivity contribution in [3.8, 4) is 5.69 Å². The van der Waals surface area contributed by atoms with Gasteiger partial charge in [0, 0.05) is 37.7 Å². The summed E-state index contributed by atoms with van der Waals surface area (Å²) in [6, 6.07) is 5.07. The highest BCUT2D eigenvalue weighted by atomic mass is 35.5. The van der Waals surface area contributed by atoms with E-state index in [2.05, 4.69) is 31.1 Å². The number of tetrazole rings is 1. The van der Waals surface area contributed by atoms with E-state index in [1.807, 2.05) is 0 Å². The van der Waals surface area contributed by atoms with Crippen LogP contribution < -0.4 is 10.6 Å². The lowest BCUT2D eigenvalue weighted by atomic mass is 10.1. The zero-order valence-electron chi connectivity index (χ0n) is 13.7. The van der Waals surface area contributed by atoms with Gasteiger partial charge >= 0.3 is 0 Å². The first-order valence-corrected chi connectivity index (χ1v) is 8.36. The smallest absolute Gasteiger partial charge is 0.253 e. The van der Waals surface area contributed by atoms with E-state index in [9.17, 15) is 4.79 Å². The lowest BCUT2D eigenvalue weighted by Gasteiger charge is -2.27. The van der Waals surface area contributed by atoms with Gasteiger partial charge in [-0.1, -0.05) is 11.6 Å². The molecule has 1 saturated heterocycles. The summed E-state index contributed by atoms with van der Waals surface area (Å²) < 4.78 is 1.45. The molecule has 2 N–H and O–H groups in total. The molecule has 1 aliphatic rings. The number of benzene rings is 1. The average molecular weight is 386 g/mol. The second kappa shape index (κ2) is 9.67. The maximum atomic E-state index is 12.5. The number of hydrogen-bond acceptors (Lipinski definition) is 6. The molecule has 0 atom stereocenters. The first kappa shape index (κ1) is 19.6. The monoisotopic (exact) mass is 385 g/mol. The molecule has 10 heteroatoms. The number of carbonyl (C=O) groups is 1. The molecule has 1 aromatic heterocycles. The summed E-state index contributed by atoms with van der Waals surface area (Å²) in [6.45, 7) is 5.79. The average Bonchev–Trinajstić information content (AvgIpc) is 3.14. The van der Waals surface area contributed by atoms with Crippen LogP contribution in [0.5, 0.6) is 0 Å².